The number of aromatic nitrogens is 1. The number of nitrogens with one attached hydrogen (secondary N) is 2. The number of hydrogen-bond acceptors (Lipinski definition) is 4. The Morgan fingerprint density at radius 1 is 1.36 bits per heavy atom. The summed E-state index contributed by atoms with van der Waals surface area (Å²) in [5.41, 5.74) is 0.899. The molecule has 3 rings (SSSR count). The average molecular weight is 336 g/mol. The first-order chi connectivity index (χ1) is 12.2. The highest BCUT2D eigenvalue weighted by atomic mass is 16.2. The summed E-state index contributed by atoms with van der Waals surface area (Å²) < 4.78 is 0. The van der Waals surface area contributed by atoms with E-state index in [9.17, 15) is 14.9 Å². The summed E-state index contributed by atoms with van der Waals surface area (Å²) in [7, 11) is 0. The fraction of sp³-hybridized carbons (Fsp3) is 0.316. The van der Waals surface area contributed by atoms with Crippen molar-refractivity contribution in [3.63, 3.8) is 0 Å². The molecule has 0 bridgehead atoms. The quantitative estimate of drug-likeness (QED) is 0.831. The second-order valence-corrected chi connectivity index (χ2v) is 6.12. The van der Waals surface area contributed by atoms with Gasteiger partial charge in [0.25, 0.3) is 5.56 Å². The maximum Gasteiger partial charge on any atom is 0.266 e. The molecule has 0 unspecified atom stereocenters. The van der Waals surface area contributed by atoms with Crippen molar-refractivity contribution in [2.75, 3.05) is 13.1 Å². The molecule has 128 valence electrons. The van der Waals surface area contributed by atoms with Crippen LogP contribution in [0.25, 0.3) is 10.9 Å². The molecule has 1 aromatic carbocycles. The van der Waals surface area contributed by atoms with E-state index in [0.29, 0.717) is 11.1 Å². The first-order valence-electron chi connectivity index (χ1n) is 8.33. The summed E-state index contributed by atoms with van der Waals surface area (Å²) in [5, 5.41) is 13.5. The van der Waals surface area contributed by atoms with Crippen LogP contribution in [0, 0.1) is 11.3 Å². The Kier molecular flexibility index (Phi) is 4.96. The van der Waals surface area contributed by atoms with Crippen LogP contribution in [0.15, 0.2) is 41.7 Å². The molecular weight excluding hydrogens is 316 g/mol. The second-order valence-electron chi connectivity index (χ2n) is 6.12. The molecule has 2 N–H and O–H groups in total. The molecule has 2 aromatic rings. The highest BCUT2D eigenvalue weighted by Crippen LogP contribution is 2.23. The zero-order valence-corrected chi connectivity index (χ0v) is 13.9. The molecule has 6 heteroatoms. The summed E-state index contributed by atoms with van der Waals surface area (Å²) in [6.07, 6.45) is 2.97. The van der Waals surface area contributed by atoms with Gasteiger partial charge in [0, 0.05) is 29.1 Å². The third kappa shape index (κ3) is 3.32. The van der Waals surface area contributed by atoms with E-state index in [1.807, 2.05) is 24.3 Å². The largest absolute Gasteiger partial charge is 0.332 e. The van der Waals surface area contributed by atoms with Crippen LogP contribution < -0.4 is 10.9 Å². The molecule has 25 heavy (non-hydrogen) atoms. The van der Waals surface area contributed by atoms with Gasteiger partial charge in [-0.3, -0.25) is 9.59 Å². The molecule has 1 aliphatic heterocycles. The van der Waals surface area contributed by atoms with Gasteiger partial charge in [0.2, 0.25) is 5.91 Å². The number of para-hydroxylation sites is 1. The predicted octanol–water partition coefficient (Wildman–Crippen LogP) is 1.67. The Balaban J connectivity index is 2.10. The average Bonchev–Trinajstić information content (AvgIpc) is 2.65. The number of H-pyrrole nitrogens is 1. The predicted molar refractivity (Wildman–Crippen MR) is 95.9 cm³/mol. The molecule has 1 aromatic heterocycles. The summed E-state index contributed by atoms with van der Waals surface area (Å²) in [5.74, 6) is -0.180. The zero-order chi connectivity index (χ0) is 17.8. The zero-order valence-electron chi connectivity index (χ0n) is 13.9. The second kappa shape index (κ2) is 7.32. The van der Waals surface area contributed by atoms with Crippen LogP contribution in [-0.4, -0.2) is 34.9 Å². The molecule has 1 aliphatic rings. The van der Waals surface area contributed by atoms with Crippen LogP contribution in [0.4, 0.5) is 0 Å². The Morgan fingerprint density at radius 2 is 2.08 bits per heavy atom. The van der Waals surface area contributed by atoms with Gasteiger partial charge in [-0.25, -0.2) is 0 Å². The fourth-order valence-electron chi connectivity index (χ4n) is 3.39. The molecule has 2 heterocycles. The van der Waals surface area contributed by atoms with Crippen LogP contribution in [0.2, 0.25) is 0 Å². The van der Waals surface area contributed by atoms with E-state index in [2.05, 4.69) is 16.9 Å². The Bertz CT molecular complexity index is 904. The number of carbonyl (C=O) groups is 1. The molecule has 1 amide bonds. The highest BCUT2D eigenvalue weighted by Gasteiger charge is 2.26. The minimum absolute atomic E-state index is 0.0643. The number of rotatable bonds is 4. The fourth-order valence-corrected chi connectivity index (χ4v) is 3.39. The number of nitriles is 1. The van der Waals surface area contributed by atoms with Crippen LogP contribution in [0.5, 0.6) is 0 Å². The standard InChI is InChI=1S/C19H20N4O2/c1-2-18(24)23(13-7-9-21-10-8-13)12-16-14-5-3-4-6-17(14)22-19(25)15(16)11-20/h2-6,13,21H,1,7-10,12H2,(H,22,25). The van der Waals surface area contributed by atoms with E-state index in [4.69, 9.17) is 0 Å². The van der Waals surface area contributed by atoms with E-state index >= 15 is 0 Å². The van der Waals surface area contributed by atoms with Gasteiger partial charge in [-0.05, 0) is 38.1 Å². The molecular formula is C19H20N4O2. The third-order valence-corrected chi connectivity index (χ3v) is 4.68. The lowest BCUT2D eigenvalue weighted by atomic mass is 10.00. The summed E-state index contributed by atoms with van der Waals surface area (Å²) >= 11 is 0. The summed E-state index contributed by atoms with van der Waals surface area (Å²) in [4.78, 5) is 29.2. The van der Waals surface area contributed by atoms with Gasteiger partial charge < -0.3 is 15.2 Å². The molecule has 6 nitrogen and oxygen atoms in total. The van der Waals surface area contributed by atoms with Crippen molar-refractivity contribution >= 4 is 16.8 Å². The first-order valence-corrected chi connectivity index (χ1v) is 8.33. The number of carbonyl (C=O) groups excluding carboxylic acids is 1. The number of aromatic amines is 1. The number of pyridine rings is 1. The number of hydrogen-bond donors (Lipinski definition) is 2. The molecule has 0 saturated carbocycles. The number of nitrogens with zero attached hydrogens (tertiary/aromatic N) is 2. The van der Waals surface area contributed by atoms with E-state index in [0.717, 1.165) is 31.3 Å². The van der Waals surface area contributed by atoms with E-state index in [-0.39, 0.29) is 24.1 Å². The van der Waals surface area contributed by atoms with Gasteiger partial charge in [-0.1, -0.05) is 24.8 Å². The SMILES string of the molecule is C=CC(=O)N(Cc1c(C#N)c(=O)[nH]c2ccccc12)C1CCNCC1. The van der Waals surface area contributed by atoms with Gasteiger partial charge in [0.15, 0.2) is 0 Å². The molecule has 0 radical (unpaired) electrons. The Morgan fingerprint density at radius 3 is 2.76 bits per heavy atom. The van der Waals surface area contributed by atoms with Gasteiger partial charge in [-0.2, -0.15) is 5.26 Å². The maximum atomic E-state index is 12.5. The molecule has 1 saturated heterocycles. The molecule has 0 spiro atoms. The number of piperidine rings is 1. The van der Waals surface area contributed by atoms with Crippen molar-refractivity contribution in [3.8, 4) is 6.07 Å². The minimum atomic E-state index is -0.424. The molecule has 0 atom stereocenters. The lowest BCUT2D eigenvalue weighted by Crippen LogP contribution is -2.45. The Labute approximate surface area is 145 Å². The van der Waals surface area contributed by atoms with Gasteiger partial charge in [0.1, 0.15) is 11.6 Å². The monoisotopic (exact) mass is 336 g/mol. The normalized spacial score (nSPS) is 14.8. The van der Waals surface area contributed by atoms with Gasteiger partial charge in [0.05, 0.1) is 0 Å². The van der Waals surface area contributed by atoms with Crippen LogP contribution >= 0.6 is 0 Å². The number of fused-ring (bicyclic) bond motifs is 1. The van der Waals surface area contributed by atoms with Gasteiger partial charge in [-0.15, -0.1) is 0 Å². The van der Waals surface area contributed by atoms with Crippen molar-refractivity contribution < 1.29 is 4.79 Å². The lowest BCUT2D eigenvalue weighted by molar-refractivity contribution is -0.129. The van der Waals surface area contributed by atoms with Crippen molar-refractivity contribution in [2.45, 2.75) is 25.4 Å². The Hall–Kier alpha value is -2.91. The van der Waals surface area contributed by atoms with Crippen molar-refractivity contribution in [3.05, 3.63) is 58.4 Å². The number of benzene rings is 1. The first kappa shape index (κ1) is 16.9. The van der Waals surface area contributed by atoms with Crippen LogP contribution in [-0.2, 0) is 11.3 Å². The van der Waals surface area contributed by atoms with E-state index < -0.39 is 5.56 Å². The maximum absolute atomic E-state index is 12.5. The van der Waals surface area contributed by atoms with Crippen molar-refractivity contribution in [2.24, 2.45) is 0 Å². The topological polar surface area (TPSA) is 89.0 Å². The summed E-state index contributed by atoms with van der Waals surface area (Å²) in [6, 6.07) is 9.41. The molecule has 0 aliphatic carbocycles. The van der Waals surface area contributed by atoms with Crippen molar-refractivity contribution in [1.29, 1.82) is 5.26 Å². The van der Waals surface area contributed by atoms with Gasteiger partial charge >= 0.3 is 0 Å². The smallest absolute Gasteiger partial charge is 0.266 e. The molecule has 1 fully saturated rings. The third-order valence-electron chi connectivity index (χ3n) is 4.68. The highest BCUT2D eigenvalue weighted by molar-refractivity contribution is 5.88. The summed E-state index contributed by atoms with van der Waals surface area (Å²) in [6.45, 7) is 5.51. The van der Waals surface area contributed by atoms with Crippen molar-refractivity contribution in [1.82, 2.24) is 15.2 Å². The lowest BCUT2D eigenvalue weighted by Gasteiger charge is -2.34. The van der Waals surface area contributed by atoms with Crippen LogP contribution in [0.1, 0.15) is 24.0 Å². The number of amides is 1. The van der Waals surface area contributed by atoms with Crippen LogP contribution in [0.3, 0.4) is 0 Å². The van der Waals surface area contributed by atoms with E-state index in [1.165, 1.54) is 6.08 Å². The minimum Gasteiger partial charge on any atom is -0.332 e. The van der Waals surface area contributed by atoms with E-state index in [1.54, 1.807) is 11.0 Å².